The SMILES string of the molecule is C=CCN(Cc1ccccc1)C(=O)[C@@H]1[C@H]2C(=O)N([C@@H](CO)C(C)C)C(C(=O)N(CC=C)c3ccccc3Cl)C23CC[C@H]1S3. The number of nitrogens with zero attached hydrogens (tertiary/aromatic N) is 3. The zero-order valence-electron chi connectivity index (χ0n) is 24.8. The summed E-state index contributed by atoms with van der Waals surface area (Å²) in [7, 11) is 0. The van der Waals surface area contributed by atoms with Crippen molar-refractivity contribution in [1.29, 1.82) is 0 Å². The molecule has 2 unspecified atom stereocenters. The van der Waals surface area contributed by atoms with Crippen LogP contribution in [-0.2, 0) is 20.9 Å². The lowest BCUT2D eigenvalue weighted by Gasteiger charge is -2.40. The minimum Gasteiger partial charge on any atom is -0.394 e. The van der Waals surface area contributed by atoms with Gasteiger partial charge in [-0.1, -0.05) is 80.1 Å². The second kappa shape index (κ2) is 12.9. The molecule has 43 heavy (non-hydrogen) atoms. The van der Waals surface area contributed by atoms with Crippen LogP contribution in [0.4, 0.5) is 5.69 Å². The number of anilines is 1. The summed E-state index contributed by atoms with van der Waals surface area (Å²) in [5, 5.41) is 10.9. The van der Waals surface area contributed by atoms with Gasteiger partial charge in [-0.05, 0) is 36.5 Å². The Morgan fingerprint density at radius 2 is 1.77 bits per heavy atom. The van der Waals surface area contributed by atoms with E-state index in [0.717, 1.165) is 12.0 Å². The number of benzene rings is 2. The monoisotopic (exact) mass is 621 g/mol. The lowest BCUT2D eigenvalue weighted by molar-refractivity contribution is -0.146. The van der Waals surface area contributed by atoms with Crippen LogP contribution in [0.1, 0.15) is 32.3 Å². The number of hydrogen-bond donors (Lipinski definition) is 1. The van der Waals surface area contributed by atoms with Crippen LogP contribution in [0.15, 0.2) is 79.9 Å². The van der Waals surface area contributed by atoms with Gasteiger partial charge >= 0.3 is 0 Å². The molecular formula is C34H40ClN3O4S. The van der Waals surface area contributed by atoms with E-state index in [1.165, 1.54) is 0 Å². The highest BCUT2D eigenvalue weighted by molar-refractivity contribution is 8.02. The Balaban J connectivity index is 1.58. The van der Waals surface area contributed by atoms with Crippen molar-refractivity contribution in [3.05, 3.63) is 90.5 Å². The van der Waals surface area contributed by atoms with E-state index in [4.69, 9.17) is 11.6 Å². The van der Waals surface area contributed by atoms with Crippen LogP contribution >= 0.6 is 23.4 Å². The Labute approximate surface area is 263 Å². The van der Waals surface area contributed by atoms with Gasteiger partial charge in [0.05, 0.1) is 39.9 Å². The summed E-state index contributed by atoms with van der Waals surface area (Å²) >= 11 is 8.20. The molecule has 6 atom stereocenters. The minimum atomic E-state index is -0.865. The predicted octanol–water partition coefficient (Wildman–Crippen LogP) is 5.18. The van der Waals surface area contributed by atoms with Crippen molar-refractivity contribution in [2.45, 2.75) is 55.3 Å². The second-order valence-electron chi connectivity index (χ2n) is 12.0. The second-order valence-corrected chi connectivity index (χ2v) is 14.0. The number of amides is 3. The zero-order valence-corrected chi connectivity index (χ0v) is 26.3. The average molecular weight is 622 g/mol. The first kappa shape index (κ1) is 31.4. The maximum absolute atomic E-state index is 14.8. The minimum absolute atomic E-state index is 0.0817. The summed E-state index contributed by atoms with van der Waals surface area (Å²) in [6.45, 7) is 12.3. The molecule has 3 aliphatic heterocycles. The molecule has 2 aromatic rings. The number of para-hydroxylation sites is 1. The fourth-order valence-corrected chi connectivity index (χ4v) is 9.72. The molecule has 2 bridgehead atoms. The molecule has 1 spiro atoms. The highest BCUT2D eigenvalue weighted by atomic mass is 35.5. The van der Waals surface area contributed by atoms with Crippen molar-refractivity contribution < 1.29 is 19.5 Å². The molecule has 0 aliphatic carbocycles. The average Bonchev–Trinajstić information content (AvgIpc) is 3.64. The first-order valence-corrected chi connectivity index (χ1v) is 16.2. The molecule has 9 heteroatoms. The molecule has 1 N–H and O–H groups in total. The van der Waals surface area contributed by atoms with Gasteiger partial charge < -0.3 is 19.8 Å². The smallest absolute Gasteiger partial charge is 0.251 e. The molecule has 228 valence electrons. The summed E-state index contributed by atoms with van der Waals surface area (Å²) in [5.41, 5.74) is 1.53. The molecule has 7 nitrogen and oxygen atoms in total. The number of carbonyl (C=O) groups excluding carboxylic acids is 3. The first-order chi connectivity index (χ1) is 20.7. The van der Waals surface area contributed by atoms with E-state index < -0.39 is 28.7 Å². The molecule has 2 aromatic carbocycles. The Bertz CT molecular complexity index is 1390. The van der Waals surface area contributed by atoms with E-state index in [1.807, 2.05) is 50.2 Å². The number of halogens is 1. The van der Waals surface area contributed by atoms with E-state index in [0.29, 0.717) is 30.2 Å². The van der Waals surface area contributed by atoms with E-state index in [2.05, 4.69) is 13.2 Å². The largest absolute Gasteiger partial charge is 0.394 e. The summed E-state index contributed by atoms with van der Waals surface area (Å²) in [5.74, 6) is -1.94. The maximum Gasteiger partial charge on any atom is 0.251 e. The van der Waals surface area contributed by atoms with Crippen molar-refractivity contribution >= 4 is 46.8 Å². The highest BCUT2D eigenvalue weighted by Crippen LogP contribution is 2.67. The lowest BCUT2D eigenvalue weighted by atomic mass is 9.70. The molecule has 3 amide bonds. The first-order valence-electron chi connectivity index (χ1n) is 14.9. The van der Waals surface area contributed by atoms with Crippen LogP contribution in [0.5, 0.6) is 0 Å². The Morgan fingerprint density at radius 1 is 1.09 bits per heavy atom. The number of thioether (sulfide) groups is 1. The van der Waals surface area contributed by atoms with Crippen LogP contribution < -0.4 is 4.90 Å². The quantitative estimate of drug-likeness (QED) is 0.330. The number of fused-ring (bicyclic) bond motifs is 1. The predicted molar refractivity (Wildman–Crippen MR) is 173 cm³/mol. The molecule has 3 fully saturated rings. The van der Waals surface area contributed by atoms with Gasteiger partial charge in [-0.2, -0.15) is 0 Å². The van der Waals surface area contributed by atoms with Crippen LogP contribution in [0.2, 0.25) is 5.02 Å². The van der Waals surface area contributed by atoms with Gasteiger partial charge in [0, 0.05) is 24.9 Å². The van der Waals surface area contributed by atoms with Crippen LogP contribution in [0.3, 0.4) is 0 Å². The van der Waals surface area contributed by atoms with Crippen molar-refractivity contribution in [2.75, 3.05) is 24.6 Å². The molecule has 0 radical (unpaired) electrons. The molecule has 3 heterocycles. The summed E-state index contributed by atoms with van der Waals surface area (Å²) in [6.07, 6.45) is 4.72. The Morgan fingerprint density at radius 3 is 2.40 bits per heavy atom. The number of aliphatic hydroxyl groups is 1. The van der Waals surface area contributed by atoms with Gasteiger partial charge in [-0.3, -0.25) is 14.4 Å². The molecule has 0 saturated carbocycles. The molecular weight excluding hydrogens is 582 g/mol. The fourth-order valence-electron chi connectivity index (χ4n) is 7.29. The van der Waals surface area contributed by atoms with Gasteiger partial charge in [0.25, 0.3) is 5.91 Å². The van der Waals surface area contributed by atoms with E-state index in [9.17, 15) is 19.5 Å². The van der Waals surface area contributed by atoms with Crippen molar-refractivity contribution in [3.8, 4) is 0 Å². The Kier molecular flexibility index (Phi) is 9.40. The van der Waals surface area contributed by atoms with Gasteiger partial charge in [-0.25, -0.2) is 0 Å². The zero-order chi connectivity index (χ0) is 30.9. The van der Waals surface area contributed by atoms with E-state index >= 15 is 0 Å². The van der Waals surface area contributed by atoms with Crippen molar-refractivity contribution in [1.82, 2.24) is 9.80 Å². The maximum atomic E-state index is 14.8. The van der Waals surface area contributed by atoms with Gasteiger partial charge in [-0.15, -0.1) is 24.9 Å². The molecule has 3 saturated heterocycles. The number of aliphatic hydroxyl groups excluding tert-OH is 1. The number of hydrogen-bond acceptors (Lipinski definition) is 5. The third-order valence-corrected chi connectivity index (χ3v) is 11.4. The van der Waals surface area contributed by atoms with Gasteiger partial charge in [0.15, 0.2) is 0 Å². The Hall–Kier alpha value is -3.07. The third-order valence-electron chi connectivity index (χ3n) is 9.17. The molecule has 0 aromatic heterocycles. The van der Waals surface area contributed by atoms with Gasteiger partial charge in [0.1, 0.15) is 6.04 Å². The summed E-state index contributed by atoms with van der Waals surface area (Å²) in [6, 6.07) is 15.5. The molecule has 3 aliphatic rings. The number of likely N-dealkylation sites (tertiary alicyclic amines) is 1. The lowest BCUT2D eigenvalue weighted by Crippen LogP contribution is -2.58. The summed E-state index contributed by atoms with van der Waals surface area (Å²) in [4.78, 5) is 48.8. The molecule has 5 rings (SSSR count). The topological polar surface area (TPSA) is 81.2 Å². The highest BCUT2D eigenvalue weighted by Gasteiger charge is 2.74. The van der Waals surface area contributed by atoms with Crippen LogP contribution in [0.25, 0.3) is 0 Å². The normalized spacial score (nSPS) is 26.3. The number of rotatable bonds is 12. The third kappa shape index (κ3) is 5.42. The van der Waals surface area contributed by atoms with Crippen LogP contribution in [-0.4, -0.2) is 74.4 Å². The van der Waals surface area contributed by atoms with Gasteiger partial charge in [0.2, 0.25) is 11.8 Å². The standard InChI is InChI=1S/C34H40ClN3O4S/c1-5-18-36(20-23-12-8-7-9-13-23)31(40)28-27-16-17-34(43-27)29(28)32(41)38(26(21-39)22(3)4)30(34)33(42)37(19-6-2)25-15-11-10-14-24(25)35/h5-15,22,26-30,39H,1-2,16-21H2,3-4H3/t26-,27+,28-,29-,30?,34?/m0/s1. The van der Waals surface area contributed by atoms with Crippen molar-refractivity contribution in [2.24, 2.45) is 17.8 Å². The number of carbonyl (C=O) groups is 3. The summed E-state index contributed by atoms with van der Waals surface area (Å²) < 4.78 is -0.797. The fraction of sp³-hybridized carbons (Fsp3) is 0.441. The van der Waals surface area contributed by atoms with E-state index in [1.54, 1.807) is 56.8 Å². The van der Waals surface area contributed by atoms with Crippen LogP contribution in [0, 0.1) is 17.8 Å². The van der Waals surface area contributed by atoms with E-state index in [-0.39, 0.29) is 42.0 Å². The van der Waals surface area contributed by atoms with Crippen molar-refractivity contribution in [3.63, 3.8) is 0 Å².